The fourth-order valence-corrected chi connectivity index (χ4v) is 3.31. The summed E-state index contributed by atoms with van der Waals surface area (Å²) < 4.78 is 5.45. The standard InChI is InChI=1S/C19H28N2O2/c1-19(2,3)23-18(22)21-11-9-15(10-12-21)20-17-13-16(17)14-7-5-4-6-8-14/h4-8,15-17,20H,9-13H2,1-3H3. The maximum atomic E-state index is 12.1. The van der Waals surface area contributed by atoms with Gasteiger partial charge in [0.05, 0.1) is 0 Å². The second-order valence-electron chi connectivity index (χ2n) is 7.77. The van der Waals surface area contributed by atoms with Crippen molar-refractivity contribution in [3.05, 3.63) is 35.9 Å². The van der Waals surface area contributed by atoms with Crippen molar-refractivity contribution in [2.45, 2.75) is 63.6 Å². The Hall–Kier alpha value is -1.55. The molecule has 23 heavy (non-hydrogen) atoms. The Balaban J connectivity index is 1.41. The van der Waals surface area contributed by atoms with Crippen molar-refractivity contribution < 1.29 is 9.53 Å². The van der Waals surface area contributed by atoms with E-state index < -0.39 is 5.60 Å². The van der Waals surface area contributed by atoms with Crippen LogP contribution in [0.1, 0.15) is 51.5 Å². The van der Waals surface area contributed by atoms with E-state index in [0.29, 0.717) is 18.0 Å². The molecule has 2 atom stereocenters. The molecule has 1 aromatic rings. The van der Waals surface area contributed by atoms with E-state index in [1.165, 1.54) is 12.0 Å². The first-order valence-corrected chi connectivity index (χ1v) is 8.71. The normalized spacial score (nSPS) is 25.3. The van der Waals surface area contributed by atoms with Crippen LogP contribution in [0.4, 0.5) is 4.79 Å². The Labute approximate surface area is 139 Å². The van der Waals surface area contributed by atoms with Crippen LogP contribution >= 0.6 is 0 Å². The molecule has 1 amide bonds. The molecule has 1 N–H and O–H groups in total. The molecule has 1 aliphatic heterocycles. The molecule has 1 aliphatic carbocycles. The van der Waals surface area contributed by atoms with E-state index in [-0.39, 0.29) is 6.09 Å². The summed E-state index contributed by atoms with van der Waals surface area (Å²) in [5, 5.41) is 3.77. The van der Waals surface area contributed by atoms with Crippen molar-refractivity contribution in [3.8, 4) is 0 Å². The Morgan fingerprint density at radius 3 is 2.43 bits per heavy atom. The average molecular weight is 316 g/mol. The van der Waals surface area contributed by atoms with Crippen LogP contribution in [0.5, 0.6) is 0 Å². The summed E-state index contributed by atoms with van der Waals surface area (Å²) in [5.41, 5.74) is 1.03. The van der Waals surface area contributed by atoms with Gasteiger partial charge in [-0.3, -0.25) is 0 Å². The number of carbonyl (C=O) groups excluding carboxylic acids is 1. The van der Waals surface area contributed by atoms with Gasteiger partial charge in [0.25, 0.3) is 0 Å². The van der Waals surface area contributed by atoms with E-state index in [9.17, 15) is 4.79 Å². The quantitative estimate of drug-likeness (QED) is 0.927. The number of nitrogens with zero attached hydrogens (tertiary/aromatic N) is 1. The lowest BCUT2D eigenvalue weighted by molar-refractivity contribution is 0.0198. The van der Waals surface area contributed by atoms with Crippen LogP contribution in [0.2, 0.25) is 0 Å². The molecule has 2 unspecified atom stereocenters. The topological polar surface area (TPSA) is 41.6 Å². The Bertz CT molecular complexity index is 530. The lowest BCUT2D eigenvalue weighted by Gasteiger charge is -2.34. The summed E-state index contributed by atoms with van der Waals surface area (Å²) in [7, 11) is 0. The smallest absolute Gasteiger partial charge is 0.410 e. The summed E-state index contributed by atoms with van der Waals surface area (Å²) in [6, 6.07) is 11.9. The summed E-state index contributed by atoms with van der Waals surface area (Å²) in [4.78, 5) is 13.9. The van der Waals surface area contributed by atoms with Crippen molar-refractivity contribution in [1.82, 2.24) is 10.2 Å². The van der Waals surface area contributed by atoms with Gasteiger partial charge in [-0.1, -0.05) is 30.3 Å². The number of likely N-dealkylation sites (tertiary alicyclic amines) is 1. The third-order valence-electron chi connectivity index (χ3n) is 4.61. The number of ether oxygens (including phenoxy) is 1. The molecule has 1 aromatic carbocycles. The van der Waals surface area contributed by atoms with Gasteiger partial charge in [-0.15, -0.1) is 0 Å². The number of hydrogen-bond acceptors (Lipinski definition) is 3. The highest BCUT2D eigenvalue weighted by atomic mass is 16.6. The summed E-state index contributed by atoms with van der Waals surface area (Å²) in [6.45, 7) is 7.31. The number of rotatable bonds is 3. The number of amides is 1. The largest absolute Gasteiger partial charge is 0.444 e. The minimum Gasteiger partial charge on any atom is -0.444 e. The molecule has 2 aliphatic rings. The van der Waals surface area contributed by atoms with Gasteiger partial charge in [0.15, 0.2) is 0 Å². The van der Waals surface area contributed by atoms with E-state index in [2.05, 4.69) is 35.6 Å². The highest BCUT2D eigenvalue weighted by Crippen LogP contribution is 2.41. The molecule has 126 valence electrons. The van der Waals surface area contributed by atoms with Gasteiger partial charge < -0.3 is 15.0 Å². The van der Waals surface area contributed by atoms with Crippen molar-refractivity contribution in [1.29, 1.82) is 0 Å². The number of nitrogens with one attached hydrogen (secondary N) is 1. The predicted octanol–water partition coefficient (Wildman–Crippen LogP) is 3.53. The Morgan fingerprint density at radius 1 is 1.17 bits per heavy atom. The molecule has 2 fully saturated rings. The molecule has 1 heterocycles. The van der Waals surface area contributed by atoms with Crippen molar-refractivity contribution in [3.63, 3.8) is 0 Å². The summed E-state index contributed by atoms with van der Waals surface area (Å²) in [5.74, 6) is 0.667. The second-order valence-corrected chi connectivity index (χ2v) is 7.77. The van der Waals surface area contributed by atoms with Gasteiger partial charge >= 0.3 is 6.09 Å². The SMILES string of the molecule is CC(C)(C)OC(=O)N1CCC(NC2CC2c2ccccc2)CC1. The lowest BCUT2D eigenvalue weighted by Crippen LogP contribution is -2.47. The van der Waals surface area contributed by atoms with E-state index in [0.717, 1.165) is 25.9 Å². The first-order valence-electron chi connectivity index (χ1n) is 8.71. The monoisotopic (exact) mass is 316 g/mol. The van der Waals surface area contributed by atoms with Crippen molar-refractivity contribution in [2.75, 3.05) is 13.1 Å². The minimum atomic E-state index is -0.414. The van der Waals surface area contributed by atoms with Gasteiger partial charge in [0, 0.05) is 31.1 Å². The number of benzene rings is 1. The van der Waals surface area contributed by atoms with Crippen LogP contribution in [-0.4, -0.2) is 41.8 Å². The lowest BCUT2D eigenvalue weighted by atomic mass is 10.0. The zero-order chi connectivity index (χ0) is 16.4. The molecule has 0 radical (unpaired) electrons. The van der Waals surface area contributed by atoms with Gasteiger partial charge in [-0.25, -0.2) is 4.79 Å². The molecule has 4 heteroatoms. The van der Waals surface area contributed by atoms with Crippen LogP contribution in [0, 0.1) is 0 Å². The molecule has 1 saturated carbocycles. The van der Waals surface area contributed by atoms with Crippen LogP contribution in [0.15, 0.2) is 30.3 Å². The molecular weight excluding hydrogens is 288 g/mol. The third kappa shape index (κ3) is 4.47. The number of piperidine rings is 1. The van der Waals surface area contributed by atoms with Crippen molar-refractivity contribution in [2.24, 2.45) is 0 Å². The molecular formula is C19H28N2O2. The minimum absolute atomic E-state index is 0.176. The maximum Gasteiger partial charge on any atom is 0.410 e. The molecule has 4 nitrogen and oxygen atoms in total. The zero-order valence-electron chi connectivity index (χ0n) is 14.4. The molecule has 3 rings (SSSR count). The van der Waals surface area contributed by atoms with E-state index in [1.54, 1.807) is 0 Å². The molecule has 0 bridgehead atoms. The van der Waals surface area contributed by atoms with Crippen LogP contribution < -0.4 is 5.32 Å². The van der Waals surface area contributed by atoms with Crippen LogP contribution in [0.25, 0.3) is 0 Å². The van der Waals surface area contributed by atoms with E-state index in [4.69, 9.17) is 4.74 Å². The predicted molar refractivity (Wildman–Crippen MR) is 91.6 cm³/mol. The van der Waals surface area contributed by atoms with Gasteiger partial charge in [-0.05, 0) is 45.6 Å². The fourth-order valence-electron chi connectivity index (χ4n) is 3.31. The van der Waals surface area contributed by atoms with Crippen LogP contribution in [-0.2, 0) is 4.74 Å². The highest BCUT2D eigenvalue weighted by Gasteiger charge is 2.40. The fraction of sp³-hybridized carbons (Fsp3) is 0.632. The highest BCUT2D eigenvalue weighted by molar-refractivity contribution is 5.68. The third-order valence-corrected chi connectivity index (χ3v) is 4.61. The summed E-state index contributed by atoms with van der Waals surface area (Å²) in [6.07, 6.45) is 3.08. The van der Waals surface area contributed by atoms with E-state index in [1.807, 2.05) is 25.7 Å². The Kier molecular flexibility index (Phi) is 4.62. The Morgan fingerprint density at radius 2 is 1.83 bits per heavy atom. The first-order chi connectivity index (χ1) is 10.9. The molecule has 1 saturated heterocycles. The molecule has 0 spiro atoms. The van der Waals surface area contributed by atoms with E-state index >= 15 is 0 Å². The molecule has 0 aromatic heterocycles. The average Bonchev–Trinajstić information content (AvgIpc) is 3.26. The zero-order valence-corrected chi connectivity index (χ0v) is 14.4. The number of hydrogen-bond donors (Lipinski definition) is 1. The van der Waals surface area contributed by atoms with Crippen molar-refractivity contribution >= 4 is 6.09 Å². The second kappa shape index (κ2) is 6.52. The van der Waals surface area contributed by atoms with Crippen LogP contribution in [0.3, 0.4) is 0 Å². The van der Waals surface area contributed by atoms with Gasteiger partial charge in [0.1, 0.15) is 5.60 Å². The first kappa shape index (κ1) is 16.3. The summed E-state index contributed by atoms with van der Waals surface area (Å²) >= 11 is 0. The maximum absolute atomic E-state index is 12.1. The number of carbonyl (C=O) groups is 1. The van der Waals surface area contributed by atoms with Gasteiger partial charge in [0.2, 0.25) is 0 Å². The van der Waals surface area contributed by atoms with Gasteiger partial charge in [-0.2, -0.15) is 0 Å².